The molecule has 3 N–H and O–H groups in total. The van der Waals surface area contributed by atoms with Gasteiger partial charge in [0.15, 0.2) is 17.3 Å². The number of aromatic amines is 1. The Bertz CT molecular complexity index is 884. The maximum Gasteiger partial charge on any atom is 0.216 e. The summed E-state index contributed by atoms with van der Waals surface area (Å²) in [7, 11) is 0. The van der Waals surface area contributed by atoms with Crippen molar-refractivity contribution in [3.63, 3.8) is 0 Å². The van der Waals surface area contributed by atoms with Crippen molar-refractivity contribution >= 4 is 18.4 Å². The second-order valence-corrected chi connectivity index (χ2v) is 4.88. The number of rotatable bonds is 3. The Kier molecular flexibility index (Phi) is 3.71. The smallest absolute Gasteiger partial charge is 0.216 e. The van der Waals surface area contributed by atoms with Crippen molar-refractivity contribution in [1.29, 1.82) is 0 Å². The maximum absolute atomic E-state index is 9.78. The van der Waals surface area contributed by atoms with E-state index >= 15 is 0 Å². The van der Waals surface area contributed by atoms with Crippen LogP contribution in [0.15, 0.2) is 53.6 Å². The molecule has 0 radical (unpaired) electrons. The number of benzene rings is 2. The van der Waals surface area contributed by atoms with Crippen molar-refractivity contribution in [3.8, 4) is 22.9 Å². The Hall–Kier alpha value is -2.93. The molecule has 0 aliphatic heterocycles. The van der Waals surface area contributed by atoms with Gasteiger partial charge >= 0.3 is 0 Å². The third kappa shape index (κ3) is 2.61. The summed E-state index contributed by atoms with van der Waals surface area (Å²) in [5.74, 6) is 0.118. The highest BCUT2D eigenvalue weighted by atomic mass is 32.1. The fourth-order valence-corrected chi connectivity index (χ4v) is 2.12. The van der Waals surface area contributed by atoms with E-state index in [9.17, 15) is 10.2 Å². The summed E-state index contributed by atoms with van der Waals surface area (Å²) in [4.78, 5) is 0. The van der Waals surface area contributed by atoms with E-state index in [1.54, 1.807) is 12.1 Å². The number of phenols is 2. The summed E-state index contributed by atoms with van der Waals surface area (Å²) in [6.07, 6.45) is 1.41. The minimum Gasteiger partial charge on any atom is -0.504 e. The molecule has 0 atom stereocenters. The third-order valence-electron chi connectivity index (χ3n) is 3.04. The van der Waals surface area contributed by atoms with E-state index < -0.39 is 0 Å². The molecular formula is C15H12N4O2S. The van der Waals surface area contributed by atoms with Crippen LogP contribution in [0.2, 0.25) is 0 Å². The van der Waals surface area contributed by atoms with E-state index in [0.29, 0.717) is 16.2 Å². The summed E-state index contributed by atoms with van der Waals surface area (Å²) >= 11 is 5.17. The summed E-state index contributed by atoms with van der Waals surface area (Å²) in [6.45, 7) is 0. The van der Waals surface area contributed by atoms with E-state index in [2.05, 4.69) is 15.3 Å². The SMILES string of the molecule is Oc1cccc(/C=N\n2c(-c3ccccc3)n[nH]c2=S)c1O. The highest BCUT2D eigenvalue weighted by Gasteiger charge is 2.08. The Balaban J connectivity index is 2.03. The van der Waals surface area contributed by atoms with Gasteiger partial charge in [-0.25, -0.2) is 5.10 Å². The van der Waals surface area contributed by atoms with Crippen LogP contribution in [0.3, 0.4) is 0 Å². The van der Waals surface area contributed by atoms with Crippen LogP contribution in [0.25, 0.3) is 11.4 Å². The van der Waals surface area contributed by atoms with Gasteiger partial charge in [0.1, 0.15) is 0 Å². The zero-order chi connectivity index (χ0) is 15.5. The van der Waals surface area contributed by atoms with Crippen molar-refractivity contribution in [1.82, 2.24) is 14.9 Å². The molecule has 1 heterocycles. The van der Waals surface area contributed by atoms with E-state index in [1.165, 1.54) is 17.0 Å². The van der Waals surface area contributed by atoms with Crippen LogP contribution in [0.1, 0.15) is 5.56 Å². The monoisotopic (exact) mass is 312 g/mol. The molecule has 0 spiro atoms. The minimum absolute atomic E-state index is 0.206. The van der Waals surface area contributed by atoms with Crippen molar-refractivity contribution in [3.05, 3.63) is 58.9 Å². The zero-order valence-electron chi connectivity index (χ0n) is 11.3. The van der Waals surface area contributed by atoms with Gasteiger partial charge < -0.3 is 10.2 Å². The summed E-state index contributed by atoms with van der Waals surface area (Å²) < 4.78 is 1.78. The molecule has 3 rings (SSSR count). The molecule has 2 aromatic carbocycles. The molecule has 6 nitrogen and oxygen atoms in total. The first-order valence-corrected chi connectivity index (χ1v) is 6.86. The van der Waals surface area contributed by atoms with Crippen LogP contribution in [-0.2, 0) is 0 Å². The molecule has 0 saturated heterocycles. The van der Waals surface area contributed by atoms with Crippen LogP contribution >= 0.6 is 12.2 Å². The molecule has 0 amide bonds. The fourth-order valence-electron chi connectivity index (χ4n) is 1.95. The van der Waals surface area contributed by atoms with Gasteiger partial charge in [-0.3, -0.25) is 0 Å². The molecule has 1 aromatic heterocycles. The third-order valence-corrected chi connectivity index (χ3v) is 3.30. The summed E-state index contributed by atoms with van der Waals surface area (Å²) in [6, 6.07) is 14.1. The first-order chi connectivity index (χ1) is 10.7. The minimum atomic E-state index is -0.234. The van der Waals surface area contributed by atoms with Gasteiger partial charge in [-0.2, -0.15) is 14.9 Å². The molecular weight excluding hydrogens is 300 g/mol. The van der Waals surface area contributed by atoms with Crippen LogP contribution in [0.4, 0.5) is 0 Å². The highest BCUT2D eigenvalue weighted by molar-refractivity contribution is 7.71. The summed E-state index contributed by atoms with van der Waals surface area (Å²) in [5, 5.41) is 30.4. The standard InChI is InChI=1S/C15H12N4O2S/c20-12-8-4-7-11(13(12)21)9-16-19-14(17-18-15(19)22)10-5-2-1-3-6-10/h1-9,20-21H,(H,18,22)/b16-9-. The van der Waals surface area contributed by atoms with Crippen molar-refractivity contribution < 1.29 is 10.2 Å². The van der Waals surface area contributed by atoms with Gasteiger partial charge in [0.25, 0.3) is 0 Å². The molecule has 0 fully saturated rings. The molecule has 110 valence electrons. The Morgan fingerprint density at radius 3 is 2.64 bits per heavy atom. The van der Waals surface area contributed by atoms with E-state index in [0.717, 1.165) is 5.56 Å². The molecule has 0 bridgehead atoms. The molecule has 7 heteroatoms. The van der Waals surface area contributed by atoms with Crippen LogP contribution in [0, 0.1) is 4.77 Å². The lowest BCUT2D eigenvalue weighted by molar-refractivity contribution is 0.403. The van der Waals surface area contributed by atoms with Crippen molar-refractivity contribution in [2.24, 2.45) is 5.10 Å². The van der Waals surface area contributed by atoms with Gasteiger partial charge in [-0.15, -0.1) is 0 Å². The number of aromatic hydroxyl groups is 2. The second kappa shape index (κ2) is 5.82. The number of para-hydroxylation sites is 1. The average Bonchev–Trinajstić information content (AvgIpc) is 2.91. The first-order valence-electron chi connectivity index (χ1n) is 6.45. The Labute approximate surface area is 131 Å². The molecule has 0 unspecified atom stereocenters. The van der Waals surface area contributed by atoms with Gasteiger partial charge in [0, 0.05) is 11.1 Å². The quantitative estimate of drug-likeness (QED) is 0.394. The maximum atomic E-state index is 9.78. The first kappa shape index (κ1) is 14.0. The van der Waals surface area contributed by atoms with Crippen molar-refractivity contribution in [2.75, 3.05) is 0 Å². The van der Waals surface area contributed by atoms with E-state index in [-0.39, 0.29) is 11.5 Å². The largest absolute Gasteiger partial charge is 0.504 e. The number of H-pyrrole nitrogens is 1. The van der Waals surface area contributed by atoms with Gasteiger partial charge in [-0.1, -0.05) is 36.4 Å². The normalized spacial score (nSPS) is 11.1. The van der Waals surface area contributed by atoms with Gasteiger partial charge in [0.05, 0.1) is 6.21 Å². The number of nitrogens with one attached hydrogen (secondary N) is 1. The predicted molar refractivity (Wildman–Crippen MR) is 85.6 cm³/mol. The van der Waals surface area contributed by atoms with Crippen LogP contribution in [-0.4, -0.2) is 31.3 Å². The predicted octanol–water partition coefficient (Wildman–Crippen LogP) is 2.90. The van der Waals surface area contributed by atoms with Crippen LogP contribution < -0.4 is 0 Å². The summed E-state index contributed by atoms with van der Waals surface area (Å²) in [5.41, 5.74) is 1.23. The van der Waals surface area contributed by atoms with E-state index in [4.69, 9.17) is 12.2 Å². The Morgan fingerprint density at radius 1 is 1.09 bits per heavy atom. The number of aromatic nitrogens is 3. The zero-order valence-corrected chi connectivity index (χ0v) is 12.2. The van der Waals surface area contributed by atoms with Crippen LogP contribution in [0.5, 0.6) is 11.5 Å². The second-order valence-electron chi connectivity index (χ2n) is 4.49. The lowest BCUT2D eigenvalue weighted by Gasteiger charge is -2.02. The van der Waals surface area contributed by atoms with E-state index in [1.807, 2.05) is 30.3 Å². The molecule has 0 saturated carbocycles. The lowest BCUT2D eigenvalue weighted by atomic mass is 10.2. The molecule has 22 heavy (non-hydrogen) atoms. The molecule has 0 aliphatic carbocycles. The van der Waals surface area contributed by atoms with Crippen molar-refractivity contribution in [2.45, 2.75) is 0 Å². The van der Waals surface area contributed by atoms with Gasteiger partial charge in [0.2, 0.25) is 4.77 Å². The average molecular weight is 312 g/mol. The number of hydrogen-bond donors (Lipinski definition) is 3. The Morgan fingerprint density at radius 2 is 1.86 bits per heavy atom. The fraction of sp³-hybridized carbons (Fsp3) is 0. The molecule has 3 aromatic rings. The van der Waals surface area contributed by atoms with Gasteiger partial charge in [-0.05, 0) is 24.4 Å². The lowest BCUT2D eigenvalue weighted by Crippen LogP contribution is -1.95. The number of nitrogens with zero attached hydrogens (tertiary/aromatic N) is 3. The molecule has 0 aliphatic rings. The highest BCUT2D eigenvalue weighted by Crippen LogP contribution is 2.27. The topological polar surface area (TPSA) is 86.4 Å². The number of hydrogen-bond acceptors (Lipinski definition) is 5. The number of phenolic OH excluding ortho intramolecular Hbond substituents is 2.